The Morgan fingerprint density at radius 3 is 2.58 bits per heavy atom. The number of carbonyl (C=O) groups is 2. The second-order valence-corrected chi connectivity index (χ2v) is 6.06. The Bertz CT molecular complexity index is 505. The van der Waals surface area contributed by atoms with Crippen molar-refractivity contribution in [2.24, 2.45) is 5.73 Å². The fourth-order valence-corrected chi connectivity index (χ4v) is 2.68. The second-order valence-electron chi connectivity index (χ2n) is 4.19. The van der Waals surface area contributed by atoms with E-state index in [1.54, 1.807) is 0 Å². The highest BCUT2D eigenvalue weighted by molar-refractivity contribution is 9.10. The number of carbonyl (C=O) groups excluding carboxylic acids is 2. The number of halogens is 1. The number of nitrogens with two attached hydrogens (primary N) is 1. The normalized spacial score (nSPS) is 12.0. The van der Waals surface area contributed by atoms with E-state index >= 15 is 0 Å². The molecule has 1 rings (SSSR count). The lowest BCUT2D eigenvalue weighted by Crippen LogP contribution is -2.31. The zero-order chi connectivity index (χ0) is 14.6. The predicted octanol–water partition coefficient (Wildman–Crippen LogP) is 2.58. The third-order valence-corrected chi connectivity index (χ3v) is 4.50. The molecule has 1 atom stereocenters. The van der Waals surface area contributed by atoms with Crippen LogP contribution < -0.4 is 5.73 Å². The molecule has 0 aliphatic heterocycles. The number of rotatable bonds is 5. The number of hydrogen-bond donors (Lipinski definition) is 1. The van der Waals surface area contributed by atoms with E-state index in [2.05, 4.69) is 15.9 Å². The molecule has 0 heterocycles. The van der Waals surface area contributed by atoms with Gasteiger partial charge < -0.3 is 10.5 Å². The highest BCUT2D eigenvalue weighted by Crippen LogP contribution is 2.28. The summed E-state index contributed by atoms with van der Waals surface area (Å²) in [6, 6.07) is 4.02. The van der Waals surface area contributed by atoms with Gasteiger partial charge in [0, 0.05) is 9.37 Å². The summed E-state index contributed by atoms with van der Waals surface area (Å²) in [6.45, 7) is 5.42. The van der Waals surface area contributed by atoms with Crippen LogP contribution in [0.4, 0.5) is 0 Å². The van der Waals surface area contributed by atoms with E-state index in [0.717, 1.165) is 20.5 Å². The molecule has 1 aromatic carbocycles. The molecule has 0 unspecified atom stereocenters. The Morgan fingerprint density at radius 2 is 2.00 bits per heavy atom. The van der Waals surface area contributed by atoms with Gasteiger partial charge in [0.05, 0.1) is 5.75 Å². The second kappa shape index (κ2) is 6.96. The minimum Gasteiger partial charge on any atom is -0.452 e. The summed E-state index contributed by atoms with van der Waals surface area (Å²) in [5.41, 5.74) is 7.21. The number of hydrogen-bond acceptors (Lipinski definition) is 4. The number of benzene rings is 1. The molecule has 0 aliphatic rings. The SMILES string of the molecule is Cc1cc(SCC(=O)O[C@@H](C)C(N)=O)c(C)cc1Br. The van der Waals surface area contributed by atoms with Gasteiger partial charge in [0.25, 0.3) is 5.91 Å². The summed E-state index contributed by atoms with van der Waals surface area (Å²) < 4.78 is 5.92. The molecule has 0 aliphatic carbocycles. The van der Waals surface area contributed by atoms with Crippen LogP contribution in [-0.2, 0) is 14.3 Å². The van der Waals surface area contributed by atoms with Gasteiger partial charge in [-0.3, -0.25) is 9.59 Å². The van der Waals surface area contributed by atoms with E-state index in [0.29, 0.717) is 0 Å². The molecule has 2 N–H and O–H groups in total. The largest absolute Gasteiger partial charge is 0.452 e. The lowest BCUT2D eigenvalue weighted by Gasteiger charge is -2.11. The zero-order valence-electron chi connectivity index (χ0n) is 11.0. The number of ether oxygens (including phenoxy) is 1. The summed E-state index contributed by atoms with van der Waals surface area (Å²) in [4.78, 5) is 23.3. The average molecular weight is 346 g/mol. The Labute approximate surface area is 125 Å². The van der Waals surface area contributed by atoms with Crippen LogP contribution in [0.25, 0.3) is 0 Å². The minimum atomic E-state index is -0.888. The molecule has 1 aromatic rings. The highest BCUT2D eigenvalue weighted by atomic mass is 79.9. The first-order chi connectivity index (χ1) is 8.81. The maximum absolute atomic E-state index is 11.5. The van der Waals surface area contributed by atoms with Crippen molar-refractivity contribution >= 4 is 39.6 Å². The standard InChI is InChI=1S/C13H16BrNO3S/c1-7-5-11(8(2)4-10(7)14)19-6-12(16)18-9(3)13(15)17/h4-5,9H,6H2,1-3H3,(H2,15,17)/t9-/m0/s1. The van der Waals surface area contributed by atoms with Gasteiger partial charge in [-0.25, -0.2) is 0 Å². The van der Waals surface area contributed by atoms with Crippen molar-refractivity contribution in [2.45, 2.75) is 31.8 Å². The van der Waals surface area contributed by atoms with Gasteiger partial charge in [-0.15, -0.1) is 11.8 Å². The molecule has 19 heavy (non-hydrogen) atoms. The van der Waals surface area contributed by atoms with Gasteiger partial charge in [0.1, 0.15) is 0 Å². The van der Waals surface area contributed by atoms with Crippen molar-refractivity contribution < 1.29 is 14.3 Å². The summed E-state index contributed by atoms with van der Waals surface area (Å²) in [5.74, 6) is -0.940. The van der Waals surface area contributed by atoms with Gasteiger partial charge in [0.2, 0.25) is 0 Å². The number of aryl methyl sites for hydroxylation is 2. The lowest BCUT2D eigenvalue weighted by molar-refractivity contribution is -0.151. The first-order valence-corrected chi connectivity index (χ1v) is 7.47. The Morgan fingerprint density at radius 1 is 1.37 bits per heavy atom. The maximum atomic E-state index is 11.5. The van der Waals surface area contributed by atoms with Crippen LogP contribution in [0, 0.1) is 13.8 Å². The molecule has 4 nitrogen and oxygen atoms in total. The molecular formula is C13H16BrNO3S. The molecule has 104 valence electrons. The first-order valence-electron chi connectivity index (χ1n) is 5.69. The number of esters is 1. The fourth-order valence-electron chi connectivity index (χ4n) is 1.34. The van der Waals surface area contributed by atoms with Crippen molar-refractivity contribution in [3.8, 4) is 0 Å². The zero-order valence-corrected chi connectivity index (χ0v) is 13.4. The molecule has 0 radical (unpaired) electrons. The quantitative estimate of drug-likeness (QED) is 0.657. The number of thioether (sulfide) groups is 1. The van der Waals surface area contributed by atoms with Crippen LogP contribution in [0.15, 0.2) is 21.5 Å². The number of amides is 1. The Hall–Kier alpha value is -1.01. The number of primary amides is 1. The predicted molar refractivity (Wildman–Crippen MR) is 79.1 cm³/mol. The molecule has 0 fully saturated rings. The first kappa shape index (κ1) is 16.0. The van der Waals surface area contributed by atoms with Crippen LogP contribution in [0.2, 0.25) is 0 Å². The van der Waals surface area contributed by atoms with E-state index in [9.17, 15) is 9.59 Å². The third-order valence-electron chi connectivity index (χ3n) is 2.51. The molecule has 0 spiro atoms. The van der Waals surface area contributed by atoms with Crippen LogP contribution >= 0.6 is 27.7 Å². The van der Waals surface area contributed by atoms with Gasteiger partial charge >= 0.3 is 5.97 Å². The van der Waals surface area contributed by atoms with E-state index < -0.39 is 18.0 Å². The van der Waals surface area contributed by atoms with Gasteiger partial charge in [-0.2, -0.15) is 0 Å². The Balaban J connectivity index is 2.60. The van der Waals surface area contributed by atoms with Crippen molar-refractivity contribution in [1.29, 1.82) is 0 Å². The average Bonchev–Trinajstić information content (AvgIpc) is 2.32. The monoisotopic (exact) mass is 345 g/mol. The minimum absolute atomic E-state index is 0.152. The molecule has 6 heteroatoms. The van der Waals surface area contributed by atoms with Gasteiger partial charge in [-0.1, -0.05) is 15.9 Å². The molecule has 0 aromatic heterocycles. The molecule has 0 saturated heterocycles. The maximum Gasteiger partial charge on any atom is 0.317 e. The van der Waals surface area contributed by atoms with Crippen LogP contribution in [0.3, 0.4) is 0 Å². The van der Waals surface area contributed by atoms with Gasteiger partial charge in [0.15, 0.2) is 6.10 Å². The summed E-state index contributed by atoms with van der Waals surface area (Å²) in [5, 5.41) is 0. The molecular weight excluding hydrogens is 330 g/mol. The van der Waals surface area contributed by atoms with E-state index in [-0.39, 0.29) is 5.75 Å². The van der Waals surface area contributed by atoms with Crippen molar-refractivity contribution in [2.75, 3.05) is 5.75 Å². The van der Waals surface area contributed by atoms with Crippen LogP contribution in [-0.4, -0.2) is 23.7 Å². The summed E-state index contributed by atoms with van der Waals surface area (Å²) in [7, 11) is 0. The van der Waals surface area contributed by atoms with Crippen molar-refractivity contribution in [3.63, 3.8) is 0 Å². The molecule has 0 bridgehead atoms. The summed E-state index contributed by atoms with van der Waals surface area (Å²) >= 11 is 4.84. The smallest absolute Gasteiger partial charge is 0.317 e. The fraction of sp³-hybridized carbons (Fsp3) is 0.385. The molecule has 1 amide bonds. The van der Waals surface area contributed by atoms with Crippen LogP contribution in [0.1, 0.15) is 18.1 Å². The Kier molecular flexibility index (Phi) is 5.87. The van der Waals surface area contributed by atoms with E-state index in [1.165, 1.54) is 18.7 Å². The van der Waals surface area contributed by atoms with Crippen LogP contribution in [0.5, 0.6) is 0 Å². The summed E-state index contributed by atoms with van der Waals surface area (Å²) in [6.07, 6.45) is -0.888. The molecule has 0 saturated carbocycles. The lowest BCUT2D eigenvalue weighted by atomic mass is 10.2. The van der Waals surface area contributed by atoms with E-state index in [4.69, 9.17) is 10.5 Å². The third kappa shape index (κ3) is 4.87. The highest BCUT2D eigenvalue weighted by Gasteiger charge is 2.15. The topological polar surface area (TPSA) is 69.4 Å². The van der Waals surface area contributed by atoms with Crippen molar-refractivity contribution in [3.05, 3.63) is 27.7 Å². The van der Waals surface area contributed by atoms with Crippen molar-refractivity contribution in [1.82, 2.24) is 0 Å². The van der Waals surface area contributed by atoms with E-state index in [1.807, 2.05) is 26.0 Å². The van der Waals surface area contributed by atoms with Gasteiger partial charge in [-0.05, 0) is 44.0 Å².